The van der Waals surface area contributed by atoms with Gasteiger partial charge in [-0.3, -0.25) is 4.79 Å². The molecule has 176 valence electrons. The fraction of sp³-hybridized carbons (Fsp3) is 0.500. The van der Waals surface area contributed by atoms with E-state index in [-0.39, 0.29) is 11.9 Å². The van der Waals surface area contributed by atoms with Gasteiger partial charge < -0.3 is 15.1 Å². The molecule has 0 saturated carbocycles. The Balaban J connectivity index is 1.42. The maximum absolute atomic E-state index is 13.7. The summed E-state index contributed by atoms with van der Waals surface area (Å²) in [5, 5.41) is 2.92. The number of hydrogen-bond donors (Lipinski definition) is 1. The molecule has 4 rings (SSSR count). The third-order valence-corrected chi connectivity index (χ3v) is 6.94. The molecule has 7 heteroatoms. The number of amides is 3. The molecule has 0 unspecified atom stereocenters. The zero-order chi connectivity index (χ0) is 23.2. The van der Waals surface area contributed by atoms with Crippen molar-refractivity contribution in [1.82, 2.24) is 14.8 Å². The van der Waals surface area contributed by atoms with Crippen LogP contribution in [-0.4, -0.2) is 59.4 Å². The van der Waals surface area contributed by atoms with Crippen LogP contribution >= 0.6 is 0 Å². The highest BCUT2D eigenvalue weighted by Crippen LogP contribution is 2.37. The minimum atomic E-state index is -0.246. The number of rotatable bonds is 7. The highest BCUT2D eigenvalue weighted by atomic mass is 16.2. The van der Waals surface area contributed by atoms with Gasteiger partial charge >= 0.3 is 6.03 Å². The monoisotopic (exact) mass is 449 g/mol. The zero-order valence-corrected chi connectivity index (χ0v) is 19.8. The van der Waals surface area contributed by atoms with E-state index >= 15 is 0 Å². The van der Waals surface area contributed by atoms with Crippen LogP contribution in [0.2, 0.25) is 0 Å². The van der Waals surface area contributed by atoms with E-state index in [4.69, 9.17) is 0 Å². The lowest BCUT2D eigenvalue weighted by Crippen LogP contribution is -2.45. The van der Waals surface area contributed by atoms with E-state index in [2.05, 4.69) is 29.0 Å². The van der Waals surface area contributed by atoms with E-state index in [0.29, 0.717) is 28.7 Å². The van der Waals surface area contributed by atoms with Crippen LogP contribution < -0.4 is 10.2 Å². The minimum Gasteiger partial charge on any atom is -0.324 e. The number of urea groups is 1. The summed E-state index contributed by atoms with van der Waals surface area (Å²) in [6.45, 7) is 9.34. The average molecular weight is 450 g/mol. The van der Waals surface area contributed by atoms with Crippen molar-refractivity contribution in [3.63, 3.8) is 0 Å². The summed E-state index contributed by atoms with van der Waals surface area (Å²) in [5.74, 6) is 0.823. The van der Waals surface area contributed by atoms with Crippen LogP contribution in [-0.2, 0) is 0 Å². The number of nitrogens with one attached hydrogen (secondary N) is 1. The second-order valence-corrected chi connectivity index (χ2v) is 8.92. The molecule has 0 bridgehead atoms. The largest absolute Gasteiger partial charge is 0.330 e. The molecule has 0 aliphatic carbocycles. The van der Waals surface area contributed by atoms with Crippen molar-refractivity contribution in [1.29, 1.82) is 0 Å². The molecular weight excluding hydrogens is 414 g/mol. The third kappa shape index (κ3) is 5.19. The number of piperidine rings is 1. The molecule has 1 aromatic carbocycles. The SMILES string of the molecule is CCN(CC)CCCCC1CCN(C(=O)N2c3ccccc3NC(=O)c3cccnc32)CC1. The quantitative estimate of drug-likeness (QED) is 0.595. The number of para-hydroxylation sites is 2. The average Bonchev–Trinajstić information content (AvgIpc) is 2.98. The highest BCUT2D eigenvalue weighted by Gasteiger charge is 2.34. The minimum absolute atomic E-state index is 0.112. The highest BCUT2D eigenvalue weighted by molar-refractivity contribution is 6.16. The summed E-state index contributed by atoms with van der Waals surface area (Å²) in [4.78, 5) is 36.9. The molecule has 3 amide bonds. The fourth-order valence-corrected chi connectivity index (χ4v) is 4.89. The van der Waals surface area contributed by atoms with Crippen molar-refractivity contribution in [2.45, 2.75) is 46.0 Å². The second-order valence-electron chi connectivity index (χ2n) is 8.92. The fourth-order valence-electron chi connectivity index (χ4n) is 4.89. The molecule has 2 aromatic rings. The zero-order valence-electron chi connectivity index (χ0n) is 19.8. The number of unbranched alkanes of at least 4 members (excludes halogenated alkanes) is 1. The Morgan fingerprint density at radius 1 is 1.09 bits per heavy atom. The maximum atomic E-state index is 13.7. The molecule has 1 fully saturated rings. The summed E-state index contributed by atoms with van der Waals surface area (Å²) in [5.41, 5.74) is 1.69. The van der Waals surface area contributed by atoms with Gasteiger partial charge in [0.15, 0.2) is 5.82 Å². The van der Waals surface area contributed by atoms with Gasteiger partial charge in [0, 0.05) is 19.3 Å². The predicted molar refractivity (Wildman–Crippen MR) is 132 cm³/mol. The summed E-state index contributed by atoms with van der Waals surface area (Å²) in [6.07, 6.45) is 7.41. The Kier molecular flexibility index (Phi) is 7.60. The van der Waals surface area contributed by atoms with E-state index in [9.17, 15) is 9.59 Å². The van der Waals surface area contributed by atoms with E-state index in [1.807, 2.05) is 29.2 Å². The molecule has 1 saturated heterocycles. The first-order valence-electron chi connectivity index (χ1n) is 12.3. The molecule has 2 aliphatic rings. The lowest BCUT2D eigenvalue weighted by atomic mass is 9.91. The van der Waals surface area contributed by atoms with Gasteiger partial charge in [0.2, 0.25) is 0 Å². The Bertz CT molecular complexity index is 967. The van der Waals surface area contributed by atoms with E-state index in [1.165, 1.54) is 25.8 Å². The summed E-state index contributed by atoms with van der Waals surface area (Å²) < 4.78 is 0. The molecule has 0 radical (unpaired) electrons. The second kappa shape index (κ2) is 10.8. The Morgan fingerprint density at radius 3 is 2.61 bits per heavy atom. The Labute approximate surface area is 196 Å². The van der Waals surface area contributed by atoms with Crippen LogP contribution in [0.15, 0.2) is 42.6 Å². The van der Waals surface area contributed by atoms with Crippen molar-refractivity contribution in [2.75, 3.05) is 42.9 Å². The van der Waals surface area contributed by atoms with Crippen molar-refractivity contribution in [2.24, 2.45) is 5.92 Å². The number of hydrogen-bond acceptors (Lipinski definition) is 4. The smallest absolute Gasteiger partial charge is 0.324 e. The number of aromatic nitrogens is 1. The number of carbonyl (C=O) groups excluding carboxylic acids is 2. The number of pyridine rings is 1. The first-order chi connectivity index (χ1) is 16.1. The summed E-state index contributed by atoms with van der Waals surface area (Å²) in [7, 11) is 0. The van der Waals surface area contributed by atoms with Crippen LogP contribution in [0.25, 0.3) is 0 Å². The normalized spacial score (nSPS) is 16.3. The number of anilines is 3. The number of fused-ring (bicyclic) bond motifs is 2. The summed E-state index contributed by atoms with van der Waals surface area (Å²) >= 11 is 0. The molecule has 7 nitrogen and oxygen atoms in total. The number of likely N-dealkylation sites (tertiary alicyclic amines) is 1. The van der Waals surface area contributed by atoms with Gasteiger partial charge in [-0.2, -0.15) is 0 Å². The molecular formula is C26H35N5O2. The number of benzene rings is 1. The molecule has 33 heavy (non-hydrogen) atoms. The van der Waals surface area contributed by atoms with Gasteiger partial charge in [0.25, 0.3) is 5.91 Å². The molecule has 3 heterocycles. The van der Waals surface area contributed by atoms with Crippen molar-refractivity contribution in [3.8, 4) is 0 Å². The topological polar surface area (TPSA) is 68.8 Å². The van der Waals surface area contributed by atoms with Crippen LogP contribution in [0.5, 0.6) is 0 Å². The lowest BCUT2D eigenvalue weighted by Gasteiger charge is -2.35. The molecule has 0 spiro atoms. The Morgan fingerprint density at radius 2 is 1.85 bits per heavy atom. The van der Waals surface area contributed by atoms with Crippen LogP contribution in [0.3, 0.4) is 0 Å². The maximum Gasteiger partial charge on any atom is 0.330 e. The first kappa shape index (κ1) is 23.2. The van der Waals surface area contributed by atoms with E-state index in [0.717, 1.165) is 39.0 Å². The van der Waals surface area contributed by atoms with Gasteiger partial charge in [-0.05, 0) is 69.1 Å². The first-order valence-corrected chi connectivity index (χ1v) is 12.3. The van der Waals surface area contributed by atoms with Crippen LogP contribution in [0.1, 0.15) is 56.3 Å². The lowest BCUT2D eigenvalue weighted by molar-refractivity contribution is 0.102. The van der Waals surface area contributed by atoms with Gasteiger partial charge in [-0.1, -0.05) is 38.8 Å². The molecule has 0 atom stereocenters. The van der Waals surface area contributed by atoms with Gasteiger partial charge in [0.05, 0.1) is 16.9 Å². The Hall–Kier alpha value is -2.93. The third-order valence-electron chi connectivity index (χ3n) is 6.94. The van der Waals surface area contributed by atoms with E-state index < -0.39 is 0 Å². The summed E-state index contributed by atoms with van der Waals surface area (Å²) in [6, 6.07) is 10.8. The number of nitrogens with zero attached hydrogens (tertiary/aromatic N) is 4. The molecule has 2 aliphatic heterocycles. The predicted octanol–water partition coefficient (Wildman–Crippen LogP) is 5.13. The van der Waals surface area contributed by atoms with Crippen LogP contribution in [0.4, 0.5) is 22.0 Å². The van der Waals surface area contributed by atoms with Gasteiger partial charge in [-0.15, -0.1) is 0 Å². The van der Waals surface area contributed by atoms with Crippen LogP contribution in [0, 0.1) is 5.92 Å². The van der Waals surface area contributed by atoms with Crippen molar-refractivity contribution >= 4 is 29.1 Å². The van der Waals surface area contributed by atoms with Crippen molar-refractivity contribution in [3.05, 3.63) is 48.2 Å². The molecule has 1 N–H and O–H groups in total. The van der Waals surface area contributed by atoms with Crippen molar-refractivity contribution < 1.29 is 9.59 Å². The van der Waals surface area contributed by atoms with E-state index in [1.54, 1.807) is 23.2 Å². The van der Waals surface area contributed by atoms with Gasteiger partial charge in [-0.25, -0.2) is 14.7 Å². The van der Waals surface area contributed by atoms with Gasteiger partial charge in [0.1, 0.15) is 0 Å². The number of carbonyl (C=O) groups is 2. The molecule has 1 aromatic heterocycles. The standard InChI is InChI=1S/C26H35N5O2/c1-3-29(4-2)17-8-7-10-20-14-18-30(19-15-20)26(33)31-23-13-6-5-12-22(23)28-25(32)21-11-9-16-27-24(21)31/h5-6,9,11-13,16,20H,3-4,7-8,10,14-15,17-19H2,1-2H3,(H,28,32).